The predicted molar refractivity (Wildman–Crippen MR) is 113 cm³/mol. The van der Waals surface area contributed by atoms with E-state index in [1.807, 2.05) is 0 Å². The second kappa shape index (κ2) is 9.63. The van der Waals surface area contributed by atoms with Crippen LogP contribution >= 0.6 is 0 Å². The fourth-order valence-corrected chi connectivity index (χ4v) is 3.72. The number of ether oxygens (including phenoxy) is 2. The van der Waals surface area contributed by atoms with Crippen molar-refractivity contribution >= 4 is 23.7 Å². The second-order valence-electron chi connectivity index (χ2n) is 8.10. The topological polar surface area (TPSA) is 136 Å². The third kappa shape index (κ3) is 5.13. The van der Waals surface area contributed by atoms with Gasteiger partial charge in [-0.3, -0.25) is 14.9 Å². The Labute approximate surface area is 185 Å². The molecule has 0 spiro atoms. The van der Waals surface area contributed by atoms with E-state index in [0.29, 0.717) is 17.6 Å². The highest BCUT2D eigenvalue weighted by Gasteiger charge is 2.58. The summed E-state index contributed by atoms with van der Waals surface area (Å²) in [6.07, 6.45) is 0.869. The molecule has 2 atom stereocenters. The fraction of sp³-hybridized carbons (Fsp3) is 0.409. The van der Waals surface area contributed by atoms with E-state index in [1.54, 1.807) is 33.8 Å². The molecular weight excluding hydrogens is 420 g/mol. The fourth-order valence-electron chi connectivity index (χ4n) is 3.72. The summed E-state index contributed by atoms with van der Waals surface area (Å²) >= 11 is 0. The van der Waals surface area contributed by atoms with E-state index >= 15 is 0 Å². The first-order chi connectivity index (χ1) is 14.9. The van der Waals surface area contributed by atoms with Gasteiger partial charge in [0, 0.05) is 12.1 Å². The van der Waals surface area contributed by atoms with Gasteiger partial charge in [-0.05, 0) is 57.4 Å². The van der Waals surface area contributed by atoms with E-state index in [9.17, 15) is 29.6 Å². The van der Waals surface area contributed by atoms with Crippen molar-refractivity contribution in [1.29, 1.82) is 0 Å². The highest BCUT2D eigenvalue weighted by Crippen LogP contribution is 2.42. The quantitative estimate of drug-likeness (QED) is 0.151. The molecule has 1 N–H and O–H groups in total. The van der Waals surface area contributed by atoms with Gasteiger partial charge in [0.15, 0.2) is 0 Å². The summed E-state index contributed by atoms with van der Waals surface area (Å²) in [5.41, 5.74) is -0.473. The van der Waals surface area contributed by atoms with Crippen molar-refractivity contribution in [3.05, 3.63) is 63.9 Å². The monoisotopic (exact) mass is 446 g/mol. The van der Waals surface area contributed by atoms with Crippen LogP contribution in [0.4, 0.5) is 10.5 Å². The number of β-lactam (4-membered cyclic amide) rings is 1. The number of allylic oxidation sites excluding steroid dienone is 1. The van der Waals surface area contributed by atoms with Gasteiger partial charge in [0.1, 0.15) is 17.9 Å². The molecule has 172 valence electrons. The molecule has 0 aromatic heterocycles. The van der Waals surface area contributed by atoms with E-state index in [4.69, 9.17) is 9.47 Å². The highest BCUT2D eigenvalue weighted by atomic mass is 16.7. The van der Waals surface area contributed by atoms with Crippen LogP contribution in [0.1, 0.15) is 39.7 Å². The molecule has 0 bridgehead atoms. The van der Waals surface area contributed by atoms with Gasteiger partial charge >= 0.3 is 12.1 Å². The zero-order valence-corrected chi connectivity index (χ0v) is 18.4. The largest absolute Gasteiger partial charge is 0.509 e. The summed E-state index contributed by atoms with van der Waals surface area (Å²) in [5, 5.41) is 20.2. The SMILES string of the molecule is C=CC[C@@H]1[C@@H](C(C)(C)OC(=O)OCc2ccc([N+](=O)[O-])cc2)C(=O)N1C(C(=O)O)=C(C)C. The van der Waals surface area contributed by atoms with Gasteiger partial charge in [0.25, 0.3) is 5.69 Å². The smallest absolute Gasteiger partial charge is 0.477 e. The minimum Gasteiger partial charge on any atom is -0.477 e. The number of rotatable bonds is 9. The van der Waals surface area contributed by atoms with Gasteiger partial charge < -0.3 is 19.5 Å². The summed E-state index contributed by atoms with van der Waals surface area (Å²) < 4.78 is 10.5. The molecule has 1 aromatic carbocycles. The average molecular weight is 446 g/mol. The lowest BCUT2D eigenvalue weighted by Gasteiger charge is -2.52. The van der Waals surface area contributed by atoms with Crippen molar-refractivity contribution in [2.24, 2.45) is 5.92 Å². The Balaban J connectivity index is 2.09. The van der Waals surface area contributed by atoms with Crippen LogP contribution in [0.25, 0.3) is 0 Å². The Kier molecular flexibility index (Phi) is 7.40. The van der Waals surface area contributed by atoms with Crippen LogP contribution in [-0.4, -0.2) is 44.6 Å². The summed E-state index contributed by atoms with van der Waals surface area (Å²) in [5.74, 6) is -2.48. The third-order valence-corrected chi connectivity index (χ3v) is 5.14. The van der Waals surface area contributed by atoms with Gasteiger partial charge in [-0.25, -0.2) is 9.59 Å². The van der Waals surface area contributed by atoms with Gasteiger partial charge in [0.2, 0.25) is 5.91 Å². The second-order valence-corrected chi connectivity index (χ2v) is 8.10. The average Bonchev–Trinajstić information content (AvgIpc) is 2.69. The standard InChI is InChI=1S/C22H26N2O8/c1-6-7-16-17(19(25)23(16)18(13(2)3)20(26)27)22(4,5)32-21(28)31-12-14-8-10-15(11-9-14)24(29)30/h6,8-11,16-17H,1,7,12H2,2-5H3,(H,26,27)/t16-,17-/m1/s1. The number of benzene rings is 1. The van der Waals surface area contributed by atoms with Crippen molar-refractivity contribution < 1.29 is 33.9 Å². The number of hydrogen-bond acceptors (Lipinski definition) is 7. The van der Waals surface area contributed by atoms with Crippen molar-refractivity contribution in [3.63, 3.8) is 0 Å². The molecule has 32 heavy (non-hydrogen) atoms. The van der Waals surface area contributed by atoms with Gasteiger partial charge in [-0.2, -0.15) is 0 Å². The molecule has 2 rings (SSSR count). The summed E-state index contributed by atoms with van der Waals surface area (Å²) in [6, 6.07) is 4.95. The summed E-state index contributed by atoms with van der Waals surface area (Å²) in [4.78, 5) is 48.2. The molecule has 1 aliphatic heterocycles. The van der Waals surface area contributed by atoms with E-state index in [1.165, 1.54) is 29.2 Å². The van der Waals surface area contributed by atoms with Crippen molar-refractivity contribution in [1.82, 2.24) is 4.90 Å². The maximum Gasteiger partial charge on any atom is 0.509 e. The van der Waals surface area contributed by atoms with Crippen LogP contribution in [0.2, 0.25) is 0 Å². The van der Waals surface area contributed by atoms with Gasteiger partial charge in [0.05, 0.1) is 16.9 Å². The molecule has 0 saturated carbocycles. The zero-order chi connectivity index (χ0) is 24.2. The number of carboxylic acids is 1. The minimum atomic E-state index is -1.28. The van der Waals surface area contributed by atoms with E-state index in [-0.39, 0.29) is 18.0 Å². The van der Waals surface area contributed by atoms with Gasteiger partial charge in [-0.15, -0.1) is 6.58 Å². The van der Waals surface area contributed by atoms with Crippen molar-refractivity contribution in [2.75, 3.05) is 0 Å². The van der Waals surface area contributed by atoms with Crippen molar-refractivity contribution in [3.8, 4) is 0 Å². The molecule has 1 fully saturated rings. The number of nitro groups is 1. The van der Waals surface area contributed by atoms with E-state index in [2.05, 4.69) is 6.58 Å². The Morgan fingerprint density at radius 2 is 1.88 bits per heavy atom. The number of amides is 1. The number of aliphatic carboxylic acids is 1. The molecular formula is C22H26N2O8. The van der Waals surface area contributed by atoms with Crippen LogP contribution in [0.5, 0.6) is 0 Å². The highest BCUT2D eigenvalue weighted by molar-refractivity contribution is 5.98. The van der Waals surface area contributed by atoms with Gasteiger partial charge in [-0.1, -0.05) is 6.08 Å². The Morgan fingerprint density at radius 1 is 1.28 bits per heavy atom. The minimum absolute atomic E-state index is 0.0872. The number of likely N-dealkylation sites (tertiary alicyclic amines) is 1. The number of carbonyl (C=O) groups is 3. The number of nitrogens with zero attached hydrogens (tertiary/aromatic N) is 2. The first kappa shape index (κ1) is 24.6. The lowest BCUT2D eigenvalue weighted by Crippen LogP contribution is -2.68. The Morgan fingerprint density at radius 3 is 2.34 bits per heavy atom. The van der Waals surface area contributed by atoms with Crippen LogP contribution in [0.15, 0.2) is 48.2 Å². The molecule has 1 amide bonds. The van der Waals surface area contributed by atoms with Crippen LogP contribution in [-0.2, 0) is 25.7 Å². The summed E-state index contributed by atoms with van der Waals surface area (Å²) in [6.45, 7) is 9.82. The Hall–Kier alpha value is -3.69. The maximum atomic E-state index is 12.9. The van der Waals surface area contributed by atoms with Crippen molar-refractivity contribution in [2.45, 2.75) is 52.4 Å². The number of carbonyl (C=O) groups excluding carboxylic acids is 2. The molecule has 0 aliphatic carbocycles. The number of hydrogen-bond donors (Lipinski definition) is 1. The zero-order valence-electron chi connectivity index (χ0n) is 18.4. The molecule has 1 heterocycles. The normalized spacial score (nSPS) is 17.8. The number of non-ortho nitro benzene ring substituents is 1. The number of nitro benzene ring substituents is 1. The first-order valence-corrected chi connectivity index (χ1v) is 9.84. The van der Waals surface area contributed by atoms with Crippen LogP contribution < -0.4 is 0 Å². The predicted octanol–water partition coefficient (Wildman–Crippen LogP) is 3.81. The molecule has 1 aliphatic rings. The molecule has 1 aromatic rings. The molecule has 0 radical (unpaired) electrons. The third-order valence-electron chi connectivity index (χ3n) is 5.14. The van der Waals surface area contributed by atoms with E-state index in [0.717, 1.165) is 0 Å². The first-order valence-electron chi connectivity index (χ1n) is 9.84. The molecule has 10 heteroatoms. The molecule has 1 saturated heterocycles. The van der Waals surface area contributed by atoms with E-state index < -0.39 is 40.5 Å². The molecule has 10 nitrogen and oxygen atoms in total. The Bertz CT molecular complexity index is 961. The maximum absolute atomic E-state index is 12.9. The van der Waals surface area contributed by atoms with Crippen LogP contribution in [0, 0.1) is 16.0 Å². The lowest BCUT2D eigenvalue weighted by molar-refractivity contribution is -0.384. The number of carboxylic acid groups (broad SMARTS) is 1. The molecule has 0 unspecified atom stereocenters. The lowest BCUT2D eigenvalue weighted by atomic mass is 9.74. The van der Waals surface area contributed by atoms with Crippen LogP contribution in [0.3, 0.4) is 0 Å². The summed E-state index contributed by atoms with van der Waals surface area (Å²) in [7, 11) is 0.